The first-order valence-corrected chi connectivity index (χ1v) is 8.68. The second-order valence-electron chi connectivity index (χ2n) is 6.20. The Morgan fingerprint density at radius 2 is 1.93 bits per heavy atom. The van der Waals surface area contributed by atoms with E-state index in [1.165, 1.54) is 44.0 Å². The summed E-state index contributed by atoms with van der Waals surface area (Å²) < 4.78 is 22.2. The molecule has 0 spiro atoms. The van der Waals surface area contributed by atoms with Crippen LogP contribution in [0.25, 0.3) is 11.0 Å². The van der Waals surface area contributed by atoms with Crippen LogP contribution in [-0.4, -0.2) is 33.3 Å². The predicted octanol–water partition coefficient (Wildman–Crippen LogP) is 1.73. The number of halogens is 2. The van der Waals surface area contributed by atoms with Gasteiger partial charge in [-0.15, -0.1) is 0 Å². The van der Waals surface area contributed by atoms with Gasteiger partial charge in [-0.1, -0.05) is 11.6 Å². The number of fused-ring (bicyclic) bond motifs is 1. The van der Waals surface area contributed by atoms with Gasteiger partial charge in [-0.05, 0) is 24.3 Å². The van der Waals surface area contributed by atoms with E-state index in [9.17, 15) is 18.8 Å². The minimum absolute atomic E-state index is 0.131. The van der Waals surface area contributed by atoms with Gasteiger partial charge in [0.05, 0.1) is 17.0 Å². The van der Waals surface area contributed by atoms with Crippen LogP contribution < -0.4 is 16.6 Å². The zero-order valence-electron chi connectivity index (χ0n) is 15.5. The molecule has 1 aromatic carbocycles. The van der Waals surface area contributed by atoms with E-state index >= 15 is 0 Å². The zero-order chi connectivity index (χ0) is 20.6. The number of aryl methyl sites for hydroxylation is 1. The number of hydrogen-bond acceptors (Lipinski definition) is 4. The van der Waals surface area contributed by atoms with E-state index in [1.807, 2.05) is 0 Å². The second-order valence-corrected chi connectivity index (χ2v) is 6.61. The van der Waals surface area contributed by atoms with Crippen LogP contribution in [0.15, 0.2) is 33.9 Å². The summed E-state index contributed by atoms with van der Waals surface area (Å²) in [5.74, 6) is -1.14. The molecule has 0 unspecified atom stereocenters. The molecular weight excluding hydrogens is 391 g/mol. The summed E-state index contributed by atoms with van der Waals surface area (Å²) >= 11 is 5.75. The van der Waals surface area contributed by atoms with E-state index in [-0.39, 0.29) is 29.3 Å². The van der Waals surface area contributed by atoms with Crippen LogP contribution in [0.5, 0.6) is 0 Å². The fraction of sp³-hybridized carbons (Fsp3) is 0.278. The molecule has 3 rings (SSSR count). The summed E-state index contributed by atoms with van der Waals surface area (Å²) in [5.41, 5.74) is -0.250. The average molecular weight is 409 g/mol. The molecule has 0 aliphatic carbocycles. The third kappa shape index (κ3) is 3.34. The normalized spacial score (nSPS) is 11.2. The number of carbonyl (C=O) groups is 1. The lowest BCUT2D eigenvalue weighted by molar-refractivity contribution is 0.101. The van der Waals surface area contributed by atoms with E-state index in [0.29, 0.717) is 11.3 Å². The van der Waals surface area contributed by atoms with Gasteiger partial charge >= 0.3 is 5.69 Å². The molecule has 3 aromatic rings. The van der Waals surface area contributed by atoms with E-state index < -0.39 is 23.0 Å². The van der Waals surface area contributed by atoms with E-state index in [2.05, 4.69) is 5.32 Å². The van der Waals surface area contributed by atoms with Gasteiger partial charge in [0.1, 0.15) is 17.2 Å². The number of carbonyl (C=O) groups excluding carboxylic acids is 1. The third-order valence-electron chi connectivity index (χ3n) is 4.42. The number of ether oxygens (including phenoxy) is 1. The molecule has 148 valence electrons. The molecule has 1 N–H and O–H groups in total. The van der Waals surface area contributed by atoms with E-state index in [0.717, 1.165) is 10.6 Å². The highest BCUT2D eigenvalue weighted by Crippen LogP contribution is 2.21. The number of amides is 1. The molecule has 0 saturated carbocycles. The van der Waals surface area contributed by atoms with Crippen LogP contribution in [0.4, 0.5) is 10.1 Å². The molecule has 2 aromatic heterocycles. The SMILES string of the molecule is COCCn1c(C(=O)Nc2ccc(F)c(Cl)c2)cc2c(=O)n(C)c(=O)n(C)c21. The maximum absolute atomic E-state index is 13.3. The fourth-order valence-corrected chi connectivity index (χ4v) is 3.19. The van der Waals surface area contributed by atoms with Crippen molar-refractivity contribution in [2.75, 3.05) is 19.0 Å². The first-order valence-electron chi connectivity index (χ1n) is 8.30. The number of nitrogens with zero attached hydrogens (tertiary/aromatic N) is 3. The first-order chi connectivity index (χ1) is 13.3. The van der Waals surface area contributed by atoms with Crippen LogP contribution in [-0.2, 0) is 25.4 Å². The number of nitrogens with one attached hydrogen (secondary N) is 1. The molecule has 2 heterocycles. The van der Waals surface area contributed by atoms with Gasteiger partial charge in [0.15, 0.2) is 0 Å². The number of hydrogen-bond donors (Lipinski definition) is 1. The molecule has 8 nitrogen and oxygen atoms in total. The lowest BCUT2D eigenvalue weighted by atomic mass is 10.3. The molecule has 0 atom stereocenters. The Morgan fingerprint density at radius 1 is 1.21 bits per heavy atom. The summed E-state index contributed by atoms with van der Waals surface area (Å²) in [4.78, 5) is 37.7. The van der Waals surface area contributed by atoms with Crippen LogP contribution in [0.3, 0.4) is 0 Å². The Hall–Kier alpha value is -2.91. The lowest BCUT2D eigenvalue weighted by Gasteiger charge is -2.13. The smallest absolute Gasteiger partial charge is 0.332 e. The second kappa shape index (κ2) is 7.61. The third-order valence-corrected chi connectivity index (χ3v) is 4.71. The van der Waals surface area contributed by atoms with Crippen molar-refractivity contribution in [2.24, 2.45) is 14.1 Å². The first kappa shape index (κ1) is 19.8. The van der Waals surface area contributed by atoms with Gasteiger partial charge < -0.3 is 14.6 Å². The van der Waals surface area contributed by atoms with Crippen LogP contribution in [0.2, 0.25) is 5.02 Å². The van der Waals surface area contributed by atoms with Crippen molar-refractivity contribution in [2.45, 2.75) is 6.54 Å². The Morgan fingerprint density at radius 3 is 2.57 bits per heavy atom. The van der Waals surface area contributed by atoms with Gasteiger partial charge in [0.25, 0.3) is 11.5 Å². The molecular formula is C18H18ClFN4O4. The number of anilines is 1. The van der Waals surface area contributed by atoms with Crippen molar-refractivity contribution < 1.29 is 13.9 Å². The highest BCUT2D eigenvalue weighted by Gasteiger charge is 2.21. The van der Waals surface area contributed by atoms with Gasteiger partial charge in [0.2, 0.25) is 0 Å². The Kier molecular flexibility index (Phi) is 5.39. The van der Waals surface area contributed by atoms with E-state index in [1.54, 1.807) is 4.57 Å². The number of aromatic nitrogens is 3. The van der Waals surface area contributed by atoms with Crippen LogP contribution >= 0.6 is 11.6 Å². The summed E-state index contributed by atoms with van der Waals surface area (Å²) in [5, 5.41) is 2.72. The quantitative estimate of drug-likeness (QED) is 0.696. The maximum Gasteiger partial charge on any atom is 0.332 e. The fourth-order valence-electron chi connectivity index (χ4n) is 3.01. The minimum atomic E-state index is -0.604. The van der Waals surface area contributed by atoms with Crippen LogP contribution in [0.1, 0.15) is 10.5 Å². The predicted molar refractivity (Wildman–Crippen MR) is 104 cm³/mol. The number of methoxy groups -OCH3 is 1. The Balaban J connectivity index is 2.16. The van der Waals surface area contributed by atoms with Gasteiger partial charge in [-0.3, -0.25) is 18.7 Å². The minimum Gasteiger partial charge on any atom is -0.383 e. The average Bonchev–Trinajstić information content (AvgIpc) is 3.05. The summed E-state index contributed by atoms with van der Waals surface area (Å²) in [7, 11) is 4.40. The zero-order valence-corrected chi connectivity index (χ0v) is 16.2. The van der Waals surface area contributed by atoms with Crippen molar-refractivity contribution in [3.63, 3.8) is 0 Å². The topological polar surface area (TPSA) is 87.3 Å². The molecule has 1 amide bonds. The molecule has 0 saturated heterocycles. The standard InChI is InChI=1S/C18H18ClFN4O4/c1-22-16-11(17(26)23(2)18(22)27)9-14(24(16)6-7-28-3)15(25)21-10-4-5-13(20)12(19)8-10/h4-5,8-9H,6-7H2,1-3H3,(H,21,25). The van der Waals surface area contributed by atoms with Crippen molar-refractivity contribution in [1.29, 1.82) is 0 Å². The molecule has 0 aliphatic rings. The Bertz CT molecular complexity index is 1190. The van der Waals surface area contributed by atoms with E-state index in [4.69, 9.17) is 16.3 Å². The summed E-state index contributed by atoms with van der Waals surface area (Å²) in [6.45, 7) is 0.503. The van der Waals surface area contributed by atoms with Gasteiger partial charge in [0, 0.05) is 33.4 Å². The highest BCUT2D eigenvalue weighted by atomic mass is 35.5. The number of rotatable bonds is 5. The molecule has 10 heteroatoms. The molecule has 0 bridgehead atoms. The maximum atomic E-state index is 13.3. The van der Waals surface area contributed by atoms with Crippen molar-refractivity contribution >= 4 is 34.2 Å². The van der Waals surface area contributed by atoms with Crippen molar-refractivity contribution in [3.05, 3.63) is 61.6 Å². The van der Waals surface area contributed by atoms with Crippen molar-refractivity contribution in [1.82, 2.24) is 13.7 Å². The molecule has 0 aliphatic heterocycles. The largest absolute Gasteiger partial charge is 0.383 e. The highest BCUT2D eigenvalue weighted by molar-refractivity contribution is 6.31. The number of benzene rings is 1. The Labute approximate surface area is 163 Å². The molecule has 28 heavy (non-hydrogen) atoms. The summed E-state index contributed by atoms with van der Waals surface area (Å²) in [6, 6.07) is 5.22. The van der Waals surface area contributed by atoms with Gasteiger partial charge in [-0.2, -0.15) is 0 Å². The molecule has 0 radical (unpaired) electrons. The summed E-state index contributed by atoms with van der Waals surface area (Å²) in [6.07, 6.45) is 0. The van der Waals surface area contributed by atoms with Gasteiger partial charge in [-0.25, -0.2) is 9.18 Å². The lowest BCUT2D eigenvalue weighted by Crippen LogP contribution is -2.37. The van der Waals surface area contributed by atoms with Crippen LogP contribution in [0, 0.1) is 5.82 Å². The van der Waals surface area contributed by atoms with Crippen molar-refractivity contribution in [3.8, 4) is 0 Å². The molecule has 0 fully saturated rings. The monoisotopic (exact) mass is 408 g/mol.